The van der Waals surface area contributed by atoms with Crippen LogP contribution in [-0.2, 0) is 0 Å². The van der Waals surface area contributed by atoms with E-state index in [4.69, 9.17) is 4.74 Å². The van der Waals surface area contributed by atoms with Crippen LogP contribution in [0.2, 0.25) is 0 Å². The summed E-state index contributed by atoms with van der Waals surface area (Å²) in [5.41, 5.74) is 0.853. The van der Waals surface area contributed by atoms with Gasteiger partial charge in [-0.15, -0.1) is 0 Å². The highest BCUT2D eigenvalue weighted by atomic mass is 16.6. The van der Waals surface area contributed by atoms with Crippen molar-refractivity contribution in [3.05, 3.63) is 62.7 Å². The van der Waals surface area contributed by atoms with E-state index in [0.717, 1.165) is 17.5 Å². The Kier molecular flexibility index (Phi) is 4.87. The fourth-order valence-corrected chi connectivity index (χ4v) is 3.12. The molecular weight excluding hydrogens is 340 g/mol. The molecule has 1 fully saturated rings. The molecule has 0 aromatic heterocycles. The first-order valence-corrected chi connectivity index (χ1v) is 8.07. The minimum atomic E-state index is -0.629. The molecule has 9 nitrogen and oxygen atoms in total. The second-order valence-corrected chi connectivity index (χ2v) is 5.83. The van der Waals surface area contributed by atoms with Gasteiger partial charge in [0.25, 0.3) is 11.4 Å². The zero-order valence-electron chi connectivity index (χ0n) is 14.2. The van der Waals surface area contributed by atoms with Crippen LogP contribution in [0.25, 0.3) is 0 Å². The van der Waals surface area contributed by atoms with Gasteiger partial charge in [-0.05, 0) is 18.2 Å². The molecule has 0 saturated carbocycles. The summed E-state index contributed by atoms with van der Waals surface area (Å²) in [6.45, 7) is 2.45. The monoisotopic (exact) mass is 358 g/mol. The molecule has 1 aliphatic heterocycles. The molecule has 0 N–H and O–H groups in total. The number of nitrogens with zero attached hydrogens (tertiary/aromatic N) is 4. The lowest BCUT2D eigenvalue weighted by Crippen LogP contribution is -2.46. The van der Waals surface area contributed by atoms with Crippen LogP contribution in [0, 0.1) is 20.2 Å². The van der Waals surface area contributed by atoms with Gasteiger partial charge in [-0.3, -0.25) is 20.2 Å². The van der Waals surface area contributed by atoms with E-state index >= 15 is 0 Å². The van der Waals surface area contributed by atoms with Crippen molar-refractivity contribution in [3.63, 3.8) is 0 Å². The Morgan fingerprint density at radius 3 is 2.08 bits per heavy atom. The molecule has 0 atom stereocenters. The largest absolute Gasteiger partial charge is 0.495 e. The first kappa shape index (κ1) is 17.5. The number of methoxy groups -OCH3 is 1. The fraction of sp³-hybridized carbons (Fsp3) is 0.294. The summed E-state index contributed by atoms with van der Waals surface area (Å²) in [5, 5.41) is 22.2. The molecule has 0 spiro atoms. The van der Waals surface area contributed by atoms with Crippen LogP contribution in [0.4, 0.5) is 22.7 Å². The molecule has 9 heteroatoms. The maximum absolute atomic E-state index is 11.3. The molecule has 1 aliphatic rings. The highest BCUT2D eigenvalue weighted by Gasteiger charge is 2.27. The predicted octanol–water partition coefficient (Wildman–Crippen LogP) is 2.84. The Hall–Kier alpha value is -3.36. The summed E-state index contributed by atoms with van der Waals surface area (Å²) in [5.74, 6) is 0.780. The Balaban J connectivity index is 1.80. The van der Waals surface area contributed by atoms with E-state index in [0.29, 0.717) is 31.9 Å². The van der Waals surface area contributed by atoms with Crippen LogP contribution in [0.1, 0.15) is 0 Å². The van der Waals surface area contributed by atoms with Crippen molar-refractivity contribution in [2.45, 2.75) is 0 Å². The Morgan fingerprint density at radius 1 is 0.885 bits per heavy atom. The van der Waals surface area contributed by atoms with Gasteiger partial charge in [0.15, 0.2) is 0 Å². The number of hydrogen-bond acceptors (Lipinski definition) is 7. The van der Waals surface area contributed by atoms with Crippen LogP contribution in [0.5, 0.6) is 5.75 Å². The highest BCUT2D eigenvalue weighted by Crippen LogP contribution is 2.34. The molecule has 0 unspecified atom stereocenters. The molecule has 2 aromatic carbocycles. The molecule has 0 radical (unpaired) electrons. The SMILES string of the molecule is COc1ccccc1N1CCN(c2ccc([N+](=O)[O-])cc2[N+](=O)[O-])CC1. The van der Waals surface area contributed by atoms with Crippen LogP contribution in [-0.4, -0.2) is 43.1 Å². The van der Waals surface area contributed by atoms with E-state index in [2.05, 4.69) is 4.90 Å². The first-order valence-electron chi connectivity index (χ1n) is 8.07. The highest BCUT2D eigenvalue weighted by molar-refractivity contribution is 5.68. The van der Waals surface area contributed by atoms with E-state index in [1.165, 1.54) is 12.1 Å². The normalized spacial score (nSPS) is 14.2. The Morgan fingerprint density at radius 2 is 1.50 bits per heavy atom. The minimum Gasteiger partial charge on any atom is -0.495 e. The number of rotatable bonds is 5. The molecule has 1 heterocycles. The summed E-state index contributed by atoms with van der Waals surface area (Å²) >= 11 is 0. The summed E-state index contributed by atoms with van der Waals surface area (Å²) < 4.78 is 5.39. The molecule has 0 aliphatic carbocycles. The van der Waals surface area contributed by atoms with Gasteiger partial charge in [0.2, 0.25) is 0 Å². The summed E-state index contributed by atoms with van der Waals surface area (Å²) in [6.07, 6.45) is 0. The molecule has 2 aromatic rings. The van der Waals surface area contributed by atoms with Gasteiger partial charge in [0.05, 0.1) is 28.7 Å². The zero-order chi connectivity index (χ0) is 18.7. The average Bonchev–Trinajstić information content (AvgIpc) is 2.67. The van der Waals surface area contributed by atoms with Crippen molar-refractivity contribution < 1.29 is 14.6 Å². The molecule has 0 bridgehead atoms. The number of non-ortho nitro benzene ring substituents is 1. The van der Waals surface area contributed by atoms with Gasteiger partial charge in [-0.25, -0.2) is 0 Å². The number of anilines is 2. The van der Waals surface area contributed by atoms with Crippen molar-refractivity contribution in [1.29, 1.82) is 0 Å². The summed E-state index contributed by atoms with van der Waals surface area (Å²) in [4.78, 5) is 25.1. The maximum Gasteiger partial charge on any atom is 0.299 e. The number of para-hydroxylation sites is 2. The lowest BCUT2D eigenvalue weighted by Gasteiger charge is -2.37. The van der Waals surface area contributed by atoms with Crippen molar-refractivity contribution in [2.24, 2.45) is 0 Å². The third-order valence-electron chi connectivity index (χ3n) is 4.41. The van der Waals surface area contributed by atoms with Gasteiger partial charge < -0.3 is 14.5 Å². The lowest BCUT2D eigenvalue weighted by molar-refractivity contribution is -0.393. The van der Waals surface area contributed by atoms with Gasteiger partial charge in [0.1, 0.15) is 11.4 Å². The fourth-order valence-electron chi connectivity index (χ4n) is 3.12. The van der Waals surface area contributed by atoms with Crippen LogP contribution >= 0.6 is 0 Å². The Bertz CT molecular complexity index is 834. The van der Waals surface area contributed by atoms with Crippen molar-refractivity contribution >= 4 is 22.7 Å². The smallest absolute Gasteiger partial charge is 0.299 e. The van der Waals surface area contributed by atoms with Crippen LogP contribution < -0.4 is 14.5 Å². The average molecular weight is 358 g/mol. The second-order valence-electron chi connectivity index (χ2n) is 5.83. The zero-order valence-corrected chi connectivity index (χ0v) is 14.2. The summed E-state index contributed by atoms with van der Waals surface area (Å²) in [6, 6.07) is 11.5. The van der Waals surface area contributed by atoms with Crippen molar-refractivity contribution in [3.8, 4) is 5.75 Å². The first-order chi connectivity index (χ1) is 12.5. The van der Waals surface area contributed by atoms with Gasteiger partial charge in [0, 0.05) is 32.2 Å². The molecular formula is C17H18N4O5. The van der Waals surface area contributed by atoms with E-state index in [1.807, 2.05) is 29.2 Å². The van der Waals surface area contributed by atoms with Crippen LogP contribution in [0.15, 0.2) is 42.5 Å². The number of nitro groups is 2. The van der Waals surface area contributed by atoms with Crippen LogP contribution in [0.3, 0.4) is 0 Å². The summed E-state index contributed by atoms with van der Waals surface area (Å²) in [7, 11) is 1.62. The molecule has 1 saturated heterocycles. The Labute approximate surface area is 149 Å². The quantitative estimate of drug-likeness (QED) is 0.598. The van der Waals surface area contributed by atoms with Crippen molar-refractivity contribution in [1.82, 2.24) is 0 Å². The third kappa shape index (κ3) is 3.37. The predicted molar refractivity (Wildman–Crippen MR) is 97.2 cm³/mol. The van der Waals surface area contributed by atoms with E-state index in [-0.39, 0.29) is 11.4 Å². The number of benzene rings is 2. The lowest BCUT2D eigenvalue weighted by atomic mass is 10.2. The van der Waals surface area contributed by atoms with E-state index < -0.39 is 9.85 Å². The van der Waals surface area contributed by atoms with Gasteiger partial charge in [-0.1, -0.05) is 12.1 Å². The molecule has 136 valence electrons. The molecule has 0 amide bonds. The minimum absolute atomic E-state index is 0.245. The number of piperazine rings is 1. The maximum atomic E-state index is 11.3. The standard InChI is InChI=1S/C17H18N4O5/c1-26-17-5-3-2-4-15(17)19-10-8-18(9-11-19)14-7-6-13(20(22)23)12-16(14)21(24)25/h2-7,12H,8-11H2,1H3. The molecule has 3 rings (SSSR count). The number of hydrogen-bond donors (Lipinski definition) is 0. The molecule has 26 heavy (non-hydrogen) atoms. The van der Waals surface area contributed by atoms with E-state index in [9.17, 15) is 20.2 Å². The number of ether oxygens (including phenoxy) is 1. The van der Waals surface area contributed by atoms with Gasteiger partial charge >= 0.3 is 0 Å². The van der Waals surface area contributed by atoms with Gasteiger partial charge in [-0.2, -0.15) is 0 Å². The topological polar surface area (TPSA) is 102 Å². The van der Waals surface area contributed by atoms with E-state index in [1.54, 1.807) is 7.11 Å². The second kappa shape index (κ2) is 7.26. The van der Waals surface area contributed by atoms with Crippen molar-refractivity contribution in [2.75, 3.05) is 43.1 Å². The third-order valence-corrected chi connectivity index (χ3v) is 4.41. The number of nitro benzene ring substituents is 2.